The third-order valence-corrected chi connectivity index (χ3v) is 10.1. The maximum Gasteiger partial charge on any atom is 0.264 e. The quantitative estimate of drug-likeness (QED) is 0.161. The van der Waals surface area contributed by atoms with Crippen LogP contribution >= 0.6 is 15.9 Å². The van der Waals surface area contributed by atoms with Crippen LogP contribution in [0, 0.1) is 6.92 Å². The first kappa shape index (κ1) is 34.7. The van der Waals surface area contributed by atoms with Crippen LogP contribution in [-0.4, -0.2) is 50.9 Å². The number of benzene rings is 4. The van der Waals surface area contributed by atoms with E-state index in [-0.39, 0.29) is 29.8 Å². The fourth-order valence-corrected chi connectivity index (χ4v) is 6.61. The zero-order valence-electron chi connectivity index (χ0n) is 26.5. The van der Waals surface area contributed by atoms with Crippen molar-refractivity contribution < 1.29 is 22.7 Å². The van der Waals surface area contributed by atoms with Gasteiger partial charge in [-0.05, 0) is 79.9 Å². The van der Waals surface area contributed by atoms with Gasteiger partial charge in [-0.1, -0.05) is 83.0 Å². The van der Waals surface area contributed by atoms with Crippen LogP contribution in [0.25, 0.3) is 0 Å². The summed E-state index contributed by atoms with van der Waals surface area (Å²) in [6.07, 6.45) is 0.946. The number of carbonyl (C=O) groups is 2. The average Bonchev–Trinajstić information content (AvgIpc) is 3.06. The van der Waals surface area contributed by atoms with Crippen molar-refractivity contribution in [3.8, 4) is 5.75 Å². The molecule has 0 aliphatic carbocycles. The lowest BCUT2D eigenvalue weighted by molar-refractivity contribution is -0.140. The largest absolute Gasteiger partial charge is 0.497 e. The zero-order chi connectivity index (χ0) is 33.3. The summed E-state index contributed by atoms with van der Waals surface area (Å²) in [4.78, 5) is 30.1. The molecule has 8 nitrogen and oxygen atoms in total. The van der Waals surface area contributed by atoms with E-state index in [1.54, 1.807) is 49.6 Å². The lowest BCUT2D eigenvalue weighted by Crippen LogP contribution is -2.54. The minimum Gasteiger partial charge on any atom is -0.497 e. The first-order valence-corrected chi connectivity index (χ1v) is 17.4. The summed E-state index contributed by atoms with van der Waals surface area (Å²) in [5.41, 5.74) is 2.83. The summed E-state index contributed by atoms with van der Waals surface area (Å²) in [6.45, 7) is 5.29. The number of hydrogen-bond donors (Lipinski definition) is 1. The molecular weight excluding hydrogens is 666 g/mol. The van der Waals surface area contributed by atoms with Crippen LogP contribution in [-0.2, 0) is 32.6 Å². The molecule has 242 valence electrons. The van der Waals surface area contributed by atoms with Gasteiger partial charge in [0.1, 0.15) is 18.3 Å². The Balaban J connectivity index is 1.81. The van der Waals surface area contributed by atoms with Crippen LogP contribution < -0.4 is 14.4 Å². The number of ether oxygens (including phenoxy) is 1. The van der Waals surface area contributed by atoms with Crippen LogP contribution in [0.2, 0.25) is 0 Å². The van der Waals surface area contributed by atoms with Crippen LogP contribution in [0.15, 0.2) is 112 Å². The van der Waals surface area contributed by atoms with E-state index < -0.39 is 28.5 Å². The molecule has 0 aromatic heterocycles. The summed E-state index contributed by atoms with van der Waals surface area (Å²) in [7, 11) is -2.61. The standard InChI is InChI=1S/C36H40BrN3O5S/c1-5-27(3)38-36(42)34(23-28-10-7-6-8-11-28)39(24-29-12-9-13-32(22-29)45-4)35(41)25-40(31-18-16-30(37)17-19-31)46(43,44)33-20-14-26(2)15-21-33/h6-22,27,34H,5,23-25H2,1-4H3,(H,38,42). The number of hydrogen-bond acceptors (Lipinski definition) is 5. The van der Waals surface area contributed by atoms with E-state index in [1.807, 2.05) is 69.3 Å². The smallest absolute Gasteiger partial charge is 0.264 e. The number of halogens is 1. The first-order chi connectivity index (χ1) is 22.0. The Kier molecular flexibility index (Phi) is 12.0. The third kappa shape index (κ3) is 8.98. The molecule has 2 unspecified atom stereocenters. The van der Waals surface area contributed by atoms with Gasteiger partial charge in [0.15, 0.2) is 0 Å². The number of amides is 2. The molecule has 1 N–H and O–H groups in total. The molecule has 0 radical (unpaired) electrons. The Morgan fingerprint density at radius 2 is 1.54 bits per heavy atom. The van der Waals surface area contributed by atoms with Crippen molar-refractivity contribution in [2.75, 3.05) is 18.0 Å². The third-order valence-electron chi connectivity index (χ3n) is 7.76. The van der Waals surface area contributed by atoms with Crippen molar-refractivity contribution in [2.24, 2.45) is 0 Å². The topological polar surface area (TPSA) is 96.0 Å². The minimum atomic E-state index is -4.17. The van der Waals surface area contributed by atoms with Gasteiger partial charge in [-0.15, -0.1) is 0 Å². The van der Waals surface area contributed by atoms with Gasteiger partial charge >= 0.3 is 0 Å². The van der Waals surface area contributed by atoms with Gasteiger partial charge in [0.25, 0.3) is 10.0 Å². The molecule has 0 bridgehead atoms. The van der Waals surface area contributed by atoms with Crippen molar-refractivity contribution in [1.29, 1.82) is 0 Å². The maximum absolute atomic E-state index is 14.6. The monoisotopic (exact) mass is 705 g/mol. The second-order valence-electron chi connectivity index (χ2n) is 11.2. The predicted octanol–water partition coefficient (Wildman–Crippen LogP) is 6.52. The van der Waals surface area contributed by atoms with E-state index >= 15 is 0 Å². The van der Waals surface area contributed by atoms with Crippen LogP contribution in [0.4, 0.5) is 5.69 Å². The number of rotatable bonds is 14. The Labute approximate surface area is 280 Å². The molecule has 0 aliphatic heterocycles. The molecule has 0 spiro atoms. The number of nitrogens with one attached hydrogen (secondary N) is 1. The molecule has 0 fully saturated rings. The second-order valence-corrected chi connectivity index (χ2v) is 14.0. The molecule has 0 saturated heterocycles. The predicted molar refractivity (Wildman–Crippen MR) is 185 cm³/mol. The SMILES string of the molecule is CCC(C)NC(=O)C(Cc1ccccc1)N(Cc1cccc(OC)c1)C(=O)CN(c1ccc(Br)cc1)S(=O)(=O)c1ccc(C)cc1. The first-order valence-electron chi connectivity index (χ1n) is 15.1. The number of nitrogens with zero attached hydrogens (tertiary/aromatic N) is 2. The maximum atomic E-state index is 14.6. The van der Waals surface area contributed by atoms with E-state index in [1.165, 1.54) is 17.0 Å². The van der Waals surface area contributed by atoms with Crippen molar-refractivity contribution >= 4 is 43.5 Å². The number of aryl methyl sites for hydroxylation is 1. The highest BCUT2D eigenvalue weighted by Gasteiger charge is 2.35. The Hall–Kier alpha value is -4.15. The van der Waals surface area contributed by atoms with Gasteiger partial charge in [-0.25, -0.2) is 8.42 Å². The average molecular weight is 707 g/mol. The van der Waals surface area contributed by atoms with Crippen molar-refractivity contribution in [2.45, 2.75) is 57.1 Å². The van der Waals surface area contributed by atoms with Gasteiger partial charge in [0.05, 0.1) is 17.7 Å². The van der Waals surface area contributed by atoms with E-state index in [2.05, 4.69) is 21.2 Å². The molecule has 4 aromatic rings. The highest BCUT2D eigenvalue weighted by Crippen LogP contribution is 2.27. The normalized spacial score (nSPS) is 12.5. The highest BCUT2D eigenvalue weighted by molar-refractivity contribution is 9.10. The van der Waals surface area contributed by atoms with Crippen LogP contribution in [0.1, 0.15) is 37.0 Å². The molecule has 4 aromatic carbocycles. The fourth-order valence-electron chi connectivity index (χ4n) is 4.94. The number of anilines is 1. The van der Waals surface area contributed by atoms with Crippen LogP contribution in [0.5, 0.6) is 5.75 Å². The van der Waals surface area contributed by atoms with Gasteiger partial charge in [0.2, 0.25) is 11.8 Å². The lowest BCUT2D eigenvalue weighted by atomic mass is 10.0. The van der Waals surface area contributed by atoms with Crippen molar-refractivity contribution in [3.05, 3.63) is 124 Å². The highest BCUT2D eigenvalue weighted by atomic mass is 79.9. The number of sulfonamides is 1. The number of methoxy groups -OCH3 is 1. The molecule has 0 heterocycles. The minimum absolute atomic E-state index is 0.0558. The summed E-state index contributed by atoms with van der Waals surface area (Å²) in [5.74, 6) is -0.236. The molecule has 46 heavy (non-hydrogen) atoms. The number of carbonyl (C=O) groups excluding carboxylic acids is 2. The van der Waals surface area contributed by atoms with Gasteiger partial charge in [-0.2, -0.15) is 0 Å². The Morgan fingerprint density at radius 1 is 0.891 bits per heavy atom. The second kappa shape index (κ2) is 15.9. The van der Waals surface area contributed by atoms with Crippen molar-refractivity contribution in [3.63, 3.8) is 0 Å². The van der Waals surface area contributed by atoms with E-state index in [4.69, 9.17) is 4.74 Å². The molecule has 10 heteroatoms. The van der Waals surface area contributed by atoms with E-state index in [9.17, 15) is 18.0 Å². The Morgan fingerprint density at radius 3 is 2.17 bits per heavy atom. The molecule has 2 atom stereocenters. The Bertz CT molecular complexity index is 1720. The summed E-state index contributed by atoms with van der Waals surface area (Å²) in [6, 6.07) is 29.0. The van der Waals surface area contributed by atoms with Gasteiger partial charge in [-0.3, -0.25) is 13.9 Å². The molecular formula is C36H40BrN3O5S. The molecule has 2 amide bonds. The molecule has 0 aliphatic rings. The lowest BCUT2D eigenvalue weighted by Gasteiger charge is -2.34. The summed E-state index contributed by atoms with van der Waals surface area (Å²) >= 11 is 3.41. The van der Waals surface area contributed by atoms with E-state index in [0.717, 1.165) is 25.5 Å². The molecule has 0 saturated carbocycles. The van der Waals surface area contributed by atoms with Gasteiger partial charge < -0.3 is 15.0 Å². The molecule has 4 rings (SSSR count). The fraction of sp³-hybridized carbons (Fsp3) is 0.278. The van der Waals surface area contributed by atoms with Crippen LogP contribution in [0.3, 0.4) is 0 Å². The van der Waals surface area contributed by atoms with E-state index in [0.29, 0.717) is 17.9 Å². The zero-order valence-corrected chi connectivity index (χ0v) is 28.9. The van der Waals surface area contributed by atoms with Gasteiger partial charge in [0, 0.05) is 23.5 Å². The summed E-state index contributed by atoms with van der Waals surface area (Å²) < 4.78 is 35.6. The summed E-state index contributed by atoms with van der Waals surface area (Å²) in [5, 5.41) is 3.05. The van der Waals surface area contributed by atoms with Crippen molar-refractivity contribution in [1.82, 2.24) is 10.2 Å².